The van der Waals surface area contributed by atoms with Crippen molar-refractivity contribution in [3.05, 3.63) is 24.3 Å². The van der Waals surface area contributed by atoms with Crippen molar-refractivity contribution in [2.24, 2.45) is 5.84 Å². The first kappa shape index (κ1) is 13.0. The van der Waals surface area contributed by atoms with Gasteiger partial charge in [-0.25, -0.2) is 8.42 Å². The van der Waals surface area contributed by atoms with Crippen molar-refractivity contribution in [3.63, 3.8) is 0 Å². The third-order valence-electron chi connectivity index (χ3n) is 2.37. The molecule has 1 aromatic rings. The summed E-state index contributed by atoms with van der Waals surface area (Å²) in [6, 6.07) is 6.59. The fourth-order valence-electron chi connectivity index (χ4n) is 1.51. The maximum Gasteiger partial charge on any atom is 0.245 e. The van der Waals surface area contributed by atoms with Gasteiger partial charge in [-0.1, -0.05) is 26.0 Å². The molecule has 0 atom stereocenters. The summed E-state index contributed by atoms with van der Waals surface area (Å²) in [5, 5.41) is 0. The standard InChI is InChI=1S/C10H17N3O2S/c1-3-13(4-2)16(14,15)10-8-6-5-7-9(10)12-11/h5-8,12H,3-4,11H2,1-2H3. The van der Waals surface area contributed by atoms with Gasteiger partial charge >= 0.3 is 0 Å². The zero-order valence-electron chi connectivity index (χ0n) is 9.47. The van der Waals surface area contributed by atoms with Crippen LogP contribution in [0.5, 0.6) is 0 Å². The molecule has 0 fully saturated rings. The van der Waals surface area contributed by atoms with Crippen molar-refractivity contribution < 1.29 is 8.42 Å². The summed E-state index contributed by atoms with van der Waals surface area (Å²) in [6.45, 7) is 4.49. The number of nitrogens with two attached hydrogens (primary N) is 1. The summed E-state index contributed by atoms with van der Waals surface area (Å²) in [5.74, 6) is 5.30. The topological polar surface area (TPSA) is 75.4 Å². The lowest BCUT2D eigenvalue weighted by Crippen LogP contribution is -2.31. The average molecular weight is 243 g/mol. The van der Waals surface area contributed by atoms with Gasteiger partial charge in [0.2, 0.25) is 10.0 Å². The Morgan fingerprint density at radius 3 is 2.31 bits per heavy atom. The molecule has 0 amide bonds. The number of rotatable bonds is 5. The van der Waals surface area contributed by atoms with E-state index in [4.69, 9.17) is 5.84 Å². The minimum atomic E-state index is -3.45. The molecule has 0 bridgehead atoms. The first-order valence-electron chi connectivity index (χ1n) is 5.13. The highest BCUT2D eigenvalue weighted by molar-refractivity contribution is 7.89. The van der Waals surface area contributed by atoms with Gasteiger partial charge in [-0.05, 0) is 12.1 Å². The third kappa shape index (κ3) is 2.34. The molecule has 1 rings (SSSR count). The van der Waals surface area contributed by atoms with E-state index in [0.29, 0.717) is 18.8 Å². The van der Waals surface area contributed by atoms with Crippen LogP contribution in [-0.4, -0.2) is 25.8 Å². The smallest absolute Gasteiger partial charge is 0.245 e. The molecular weight excluding hydrogens is 226 g/mol. The van der Waals surface area contributed by atoms with Crippen molar-refractivity contribution in [2.75, 3.05) is 18.5 Å². The highest BCUT2D eigenvalue weighted by Gasteiger charge is 2.23. The summed E-state index contributed by atoms with van der Waals surface area (Å²) >= 11 is 0. The Labute approximate surface area is 96.3 Å². The molecule has 5 nitrogen and oxygen atoms in total. The van der Waals surface area contributed by atoms with Gasteiger partial charge < -0.3 is 5.43 Å². The zero-order valence-corrected chi connectivity index (χ0v) is 10.3. The molecule has 16 heavy (non-hydrogen) atoms. The lowest BCUT2D eigenvalue weighted by Gasteiger charge is -2.20. The van der Waals surface area contributed by atoms with E-state index < -0.39 is 10.0 Å². The molecule has 0 aliphatic rings. The number of benzene rings is 1. The van der Waals surface area contributed by atoms with E-state index in [1.807, 2.05) is 0 Å². The molecule has 0 heterocycles. The van der Waals surface area contributed by atoms with E-state index >= 15 is 0 Å². The highest BCUT2D eigenvalue weighted by Crippen LogP contribution is 2.23. The predicted octanol–water partition coefficient (Wildman–Crippen LogP) is 1.00. The molecule has 6 heteroatoms. The molecule has 1 aromatic carbocycles. The first-order chi connectivity index (χ1) is 7.57. The van der Waals surface area contributed by atoms with E-state index in [1.54, 1.807) is 38.1 Å². The second-order valence-corrected chi connectivity index (χ2v) is 5.14. The van der Waals surface area contributed by atoms with E-state index in [1.165, 1.54) is 4.31 Å². The van der Waals surface area contributed by atoms with Gasteiger partial charge in [-0.15, -0.1) is 0 Å². The van der Waals surface area contributed by atoms with Crippen LogP contribution in [0.4, 0.5) is 5.69 Å². The summed E-state index contributed by atoms with van der Waals surface area (Å²) in [6.07, 6.45) is 0. The Kier molecular flexibility index (Phi) is 4.28. The molecule has 0 aliphatic carbocycles. The van der Waals surface area contributed by atoms with E-state index in [0.717, 1.165) is 0 Å². The molecule has 0 radical (unpaired) electrons. The largest absolute Gasteiger partial charge is 0.323 e. The number of hydrogen-bond donors (Lipinski definition) is 2. The van der Waals surface area contributed by atoms with Crippen molar-refractivity contribution in [2.45, 2.75) is 18.7 Å². The normalized spacial score (nSPS) is 11.8. The van der Waals surface area contributed by atoms with Crippen LogP contribution in [-0.2, 0) is 10.0 Å². The Balaban J connectivity index is 3.26. The maximum absolute atomic E-state index is 12.2. The zero-order chi connectivity index (χ0) is 12.2. The van der Waals surface area contributed by atoms with Gasteiger partial charge in [0.05, 0.1) is 5.69 Å². The van der Waals surface area contributed by atoms with Crippen LogP contribution >= 0.6 is 0 Å². The van der Waals surface area contributed by atoms with Gasteiger partial charge in [0.25, 0.3) is 0 Å². The van der Waals surface area contributed by atoms with Crippen molar-refractivity contribution in [1.29, 1.82) is 0 Å². The van der Waals surface area contributed by atoms with E-state index in [2.05, 4.69) is 5.43 Å². The van der Waals surface area contributed by atoms with Crippen molar-refractivity contribution >= 4 is 15.7 Å². The SMILES string of the molecule is CCN(CC)S(=O)(=O)c1ccccc1NN. The first-order valence-corrected chi connectivity index (χ1v) is 6.57. The number of hydrogen-bond acceptors (Lipinski definition) is 4. The second kappa shape index (κ2) is 5.29. The van der Waals surface area contributed by atoms with Crippen LogP contribution in [0.3, 0.4) is 0 Å². The summed E-state index contributed by atoms with van der Waals surface area (Å²) in [5.41, 5.74) is 2.81. The van der Waals surface area contributed by atoms with Crippen molar-refractivity contribution in [1.82, 2.24) is 4.31 Å². The Morgan fingerprint density at radius 2 is 1.81 bits per heavy atom. The molecule has 0 saturated carbocycles. The van der Waals surface area contributed by atoms with E-state index in [-0.39, 0.29) is 4.90 Å². The Morgan fingerprint density at radius 1 is 1.25 bits per heavy atom. The number of hydrazine groups is 1. The van der Waals surface area contributed by atoms with Crippen LogP contribution < -0.4 is 11.3 Å². The lowest BCUT2D eigenvalue weighted by molar-refractivity contribution is 0.445. The molecule has 90 valence electrons. The number of sulfonamides is 1. The van der Waals surface area contributed by atoms with Gasteiger partial charge in [0, 0.05) is 13.1 Å². The van der Waals surface area contributed by atoms with Crippen LogP contribution in [0.1, 0.15) is 13.8 Å². The number of nitrogens with one attached hydrogen (secondary N) is 1. The quantitative estimate of drug-likeness (QED) is 0.597. The summed E-state index contributed by atoms with van der Waals surface area (Å²) < 4.78 is 25.8. The van der Waals surface area contributed by atoms with Gasteiger partial charge in [0.1, 0.15) is 4.90 Å². The van der Waals surface area contributed by atoms with Gasteiger partial charge in [0.15, 0.2) is 0 Å². The van der Waals surface area contributed by atoms with Crippen LogP contribution in [0, 0.1) is 0 Å². The average Bonchev–Trinajstić information content (AvgIpc) is 2.30. The third-order valence-corrected chi connectivity index (χ3v) is 4.47. The van der Waals surface area contributed by atoms with Crippen LogP contribution in [0.2, 0.25) is 0 Å². The summed E-state index contributed by atoms with van der Waals surface area (Å²) in [7, 11) is -3.45. The minimum Gasteiger partial charge on any atom is -0.323 e. The fourth-order valence-corrected chi connectivity index (χ4v) is 3.13. The Hall–Kier alpha value is -1.11. The number of nitrogen functional groups attached to an aromatic ring is 1. The molecule has 0 saturated heterocycles. The van der Waals surface area contributed by atoms with E-state index in [9.17, 15) is 8.42 Å². The molecule has 0 unspecified atom stereocenters. The molecular formula is C10H17N3O2S. The monoisotopic (exact) mass is 243 g/mol. The van der Waals surface area contributed by atoms with Crippen LogP contribution in [0.25, 0.3) is 0 Å². The minimum absolute atomic E-state index is 0.209. The van der Waals surface area contributed by atoms with Crippen LogP contribution in [0.15, 0.2) is 29.2 Å². The second-order valence-electron chi connectivity index (χ2n) is 3.23. The predicted molar refractivity (Wildman–Crippen MR) is 64.4 cm³/mol. The molecule has 3 N–H and O–H groups in total. The number of nitrogens with zero attached hydrogens (tertiary/aromatic N) is 1. The maximum atomic E-state index is 12.2. The fraction of sp³-hybridized carbons (Fsp3) is 0.400. The lowest BCUT2D eigenvalue weighted by atomic mass is 10.3. The number of para-hydroxylation sites is 1. The Bertz CT molecular complexity index is 441. The summed E-state index contributed by atoms with van der Waals surface area (Å²) in [4.78, 5) is 0.209. The number of anilines is 1. The highest BCUT2D eigenvalue weighted by atomic mass is 32.2. The van der Waals surface area contributed by atoms with Gasteiger partial charge in [-0.2, -0.15) is 4.31 Å². The van der Waals surface area contributed by atoms with Crippen molar-refractivity contribution in [3.8, 4) is 0 Å². The molecule has 0 spiro atoms. The van der Waals surface area contributed by atoms with Gasteiger partial charge in [-0.3, -0.25) is 5.84 Å². The molecule has 0 aromatic heterocycles. The molecule has 0 aliphatic heterocycles.